The minimum Gasteiger partial charge on any atom is -0.342 e. The normalized spacial score (nSPS) is 18.4. The van der Waals surface area contributed by atoms with Crippen LogP contribution in [-0.2, 0) is 17.8 Å². The van der Waals surface area contributed by atoms with E-state index in [0.717, 1.165) is 38.0 Å². The third-order valence-electron chi connectivity index (χ3n) is 4.25. The first kappa shape index (κ1) is 14.8. The number of aromatic nitrogens is 3. The summed E-state index contributed by atoms with van der Waals surface area (Å²) in [5.74, 6) is 0.796. The zero-order valence-corrected chi connectivity index (χ0v) is 12.8. The van der Waals surface area contributed by atoms with Gasteiger partial charge >= 0.3 is 0 Å². The summed E-state index contributed by atoms with van der Waals surface area (Å²) in [4.78, 5) is 22.6. The molecule has 1 saturated heterocycles. The summed E-state index contributed by atoms with van der Waals surface area (Å²) in [6.45, 7) is 2.71. The Balaban J connectivity index is 1.49. The minimum atomic E-state index is 0.263. The van der Waals surface area contributed by atoms with Gasteiger partial charge in [-0.3, -0.25) is 9.78 Å². The maximum atomic E-state index is 12.4. The molecular weight excluding hydrogens is 276 g/mol. The number of aryl methyl sites for hydroxylation is 1. The Hall–Kier alpha value is -2.17. The predicted molar refractivity (Wildman–Crippen MR) is 84.1 cm³/mol. The molecule has 5 nitrogen and oxygen atoms in total. The second-order valence-corrected chi connectivity index (χ2v) is 5.97. The highest BCUT2D eigenvalue weighted by atomic mass is 16.2. The summed E-state index contributed by atoms with van der Waals surface area (Å²) in [6.07, 6.45) is 12.9. The SMILES string of the molecule is O=C(CCc1cccnc1)N1CCC[C@@H](Cn2ccnc2)C1. The molecule has 2 aromatic rings. The molecule has 0 radical (unpaired) electrons. The number of nitrogens with zero attached hydrogens (tertiary/aromatic N) is 4. The largest absolute Gasteiger partial charge is 0.342 e. The van der Waals surface area contributed by atoms with Crippen molar-refractivity contribution in [3.63, 3.8) is 0 Å². The number of imidazole rings is 1. The van der Waals surface area contributed by atoms with Crippen LogP contribution in [0.5, 0.6) is 0 Å². The van der Waals surface area contributed by atoms with Gasteiger partial charge in [-0.2, -0.15) is 0 Å². The lowest BCUT2D eigenvalue weighted by atomic mass is 9.97. The number of hydrogen-bond acceptors (Lipinski definition) is 3. The van der Waals surface area contributed by atoms with Crippen LogP contribution in [0.15, 0.2) is 43.2 Å². The number of rotatable bonds is 5. The Morgan fingerprint density at radius 2 is 2.27 bits per heavy atom. The van der Waals surface area contributed by atoms with Gasteiger partial charge in [0.15, 0.2) is 0 Å². The van der Waals surface area contributed by atoms with Crippen molar-refractivity contribution in [1.29, 1.82) is 0 Å². The van der Waals surface area contributed by atoms with Crippen molar-refractivity contribution in [2.24, 2.45) is 5.92 Å². The van der Waals surface area contributed by atoms with Crippen LogP contribution < -0.4 is 0 Å². The lowest BCUT2D eigenvalue weighted by Gasteiger charge is -2.33. The molecule has 3 heterocycles. The monoisotopic (exact) mass is 298 g/mol. The molecule has 1 atom stereocenters. The number of amides is 1. The fraction of sp³-hybridized carbons (Fsp3) is 0.471. The molecule has 1 fully saturated rings. The highest BCUT2D eigenvalue weighted by Crippen LogP contribution is 2.19. The van der Waals surface area contributed by atoms with Gasteiger partial charge < -0.3 is 9.47 Å². The molecule has 1 aliphatic heterocycles. The van der Waals surface area contributed by atoms with Crippen LogP contribution in [0.3, 0.4) is 0 Å². The van der Waals surface area contributed by atoms with Crippen molar-refractivity contribution in [2.75, 3.05) is 13.1 Å². The van der Waals surface area contributed by atoms with Crippen molar-refractivity contribution in [2.45, 2.75) is 32.2 Å². The Morgan fingerprint density at radius 1 is 1.32 bits per heavy atom. The van der Waals surface area contributed by atoms with E-state index in [1.165, 1.54) is 6.42 Å². The Kier molecular flexibility index (Phi) is 4.83. The lowest BCUT2D eigenvalue weighted by molar-refractivity contribution is -0.133. The van der Waals surface area contributed by atoms with Gasteiger partial charge in [-0.15, -0.1) is 0 Å². The summed E-state index contributed by atoms with van der Waals surface area (Å²) in [7, 11) is 0. The molecule has 1 aliphatic rings. The Morgan fingerprint density at radius 3 is 3.05 bits per heavy atom. The molecule has 0 bridgehead atoms. The number of hydrogen-bond donors (Lipinski definition) is 0. The number of likely N-dealkylation sites (tertiary alicyclic amines) is 1. The standard InChI is InChI=1S/C17H22N4O/c22-17(6-5-15-3-1-7-18-11-15)21-9-2-4-16(13-21)12-20-10-8-19-14-20/h1,3,7-8,10-11,14,16H,2,4-6,9,12-13H2/t16-/m0/s1. The summed E-state index contributed by atoms with van der Waals surface area (Å²) >= 11 is 0. The Bertz CT molecular complexity index is 582. The summed E-state index contributed by atoms with van der Waals surface area (Å²) in [5.41, 5.74) is 1.13. The van der Waals surface area contributed by atoms with Crippen molar-refractivity contribution in [3.8, 4) is 0 Å². The van der Waals surface area contributed by atoms with E-state index >= 15 is 0 Å². The zero-order valence-electron chi connectivity index (χ0n) is 12.8. The van der Waals surface area contributed by atoms with Gasteiger partial charge in [-0.1, -0.05) is 6.07 Å². The average Bonchev–Trinajstić information content (AvgIpc) is 3.07. The summed E-state index contributed by atoms with van der Waals surface area (Å²) in [6, 6.07) is 3.94. The van der Waals surface area contributed by atoms with Crippen LogP contribution in [0, 0.1) is 5.92 Å². The first-order valence-corrected chi connectivity index (χ1v) is 7.93. The van der Waals surface area contributed by atoms with Gasteiger partial charge in [0.2, 0.25) is 5.91 Å². The van der Waals surface area contributed by atoms with Crippen LogP contribution in [0.25, 0.3) is 0 Å². The maximum absolute atomic E-state index is 12.4. The van der Waals surface area contributed by atoms with Gasteiger partial charge in [0.25, 0.3) is 0 Å². The lowest BCUT2D eigenvalue weighted by Crippen LogP contribution is -2.41. The van der Waals surface area contributed by atoms with E-state index in [4.69, 9.17) is 0 Å². The number of pyridine rings is 1. The minimum absolute atomic E-state index is 0.263. The smallest absolute Gasteiger partial charge is 0.222 e. The molecule has 0 N–H and O–H groups in total. The summed E-state index contributed by atoms with van der Waals surface area (Å²) < 4.78 is 2.11. The van der Waals surface area contributed by atoms with Crippen LogP contribution >= 0.6 is 0 Å². The van der Waals surface area contributed by atoms with Crippen LogP contribution in [0.4, 0.5) is 0 Å². The third-order valence-corrected chi connectivity index (χ3v) is 4.25. The van der Waals surface area contributed by atoms with Gasteiger partial charge in [-0.25, -0.2) is 4.98 Å². The third kappa shape index (κ3) is 3.93. The number of carbonyl (C=O) groups is 1. The molecule has 0 saturated carbocycles. The van der Waals surface area contributed by atoms with E-state index < -0.39 is 0 Å². The van der Waals surface area contributed by atoms with E-state index in [1.807, 2.05) is 35.8 Å². The highest BCUT2D eigenvalue weighted by Gasteiger charge is 2.23. The van der Waals surface area contributed by atoms with Gasteiger partial charge in [-0.05, 0) is 36.8 Å². The van der Waals surface area contributed by atoms with Crippen molar-refractivity contribution in [3.05, 3.63) is 48.8 Å². The van der Waals surface area contributed by atoms with E-state index in [0.29, 0.717) is 12.3 Å². The maximum Gasteiger partial charge on any atom is 0.222 e. The first-order valence-electron chi connectivity index (χ1n) is 7.93. The molecule has 0 aromatic carbocycles. The molecule has 116 valence electrons. The van der Waals surface area contributed by atoms with E-state index in [2.05, 4.69) is 14.5 Å². The number of piperidine rings is 1. The van der Waals surface area contributed by atoms with E-state index in [-0.39, 0.29) is 5.91 Å². The van der Waals surface area contributed by atoms with Crippen LogP contribution in [0.2, 0.25) is 0 Å². The zero-order chi connectivity index (χ0) is 15.2. The Labute approximate surface area is 131 Å². The van der Waals surface area contributed by atoms with Crippen LogP contribution in [-0.4, -0.2) is 38.4 Å². The molecule has 22 heavy (non-hydrogen) atoms. The first-order chi connectivity index (χ1) is 10.8. The molecule has 1 amide bonds. The van der Waals surface area contributed by atoms with Crippen molar-refractivity contribution in [1.82, 2.24) is 19.4 Å². The molecule has 0 spiro atoms. The van der Waals surface area contributed by atoms with Crippen molar-refractivity contribution >= 4 is 5.91 Å². The van der Waals surface area contributed by atoms with E-state index in [1.54, 1.807) is 12.4 Å². The topological polar surface area (TPSA) is 51.0 Å². The van der Waals surface area contributed by atoms with E-state index in [9.17, 15) is 4.79 Å². The molecule has 0 aliphatic carbocycles. The predicted octanol–water partition coefficient (Wildman–Crippen LogP) is 2.15. The quantitative estimate of drug-likeness (QED) is 0.850. The number of carbonyl (C=O) groups excluding carboxylic acids is 1. The van der Waals surface area contributed by atoms with Crippen LogP contribution in [0.1, 0.15) is 24.8 Å². The van der Waals surface area contributed by atoms with Gasteiger partial charge in [0.1, 0.15) is 0 Å². The fourth-order valence-corrected chi connectivity index (χ4v) is 3.09. The molecular formula is C17H22N4O. The van der Waals surface area contributed by atoms with Gasteiger partial charge in [0, 0.05) is 50.8 Å². The molecule has 5 heteroatoms. The molecule has 0 unspecified atom stereocenters. The molecule has 2 aromatic heterocycles. The fourth-order valence-electron chi connectivity index (χ4n) is 3.09. The second kappa shape index (κ2) is 7.20. The van der Waals surface area contributed by atoms with Gasteiger partial charge in [0.05, 0.1) is 6.33 Å². The molecule has 3 rings (SSSR count). The summed E-state index contributed by atoms with van der Waals surface area (Å²) in [5, 5.41) is 0. The highest BCUT2D eigenvalue weighted by molar-refractivity contribution is 5.76. The average molecular weight is 298 g/mol. The second-order valence-electron chi connectivity index (χ2n) is 5.97. The van der Waals surface area contributed by atoms with Crippen molar-refractivity contribution < 1.29 is 4.79 Å².